The molecule has 0 bridgehead atoms. The van der Waals surface area contributed by atoms with Crippen LogP contribution in [0.4, 0.5) is 5.69 Å². The van der Waals surface area contributed by atoms with Gasteiger partial charge in [0.2, 0.25) is 0 Å². The van der Waals surface area contributed by atoms with Crippen LogP contribution in [0, 0.1) is 6.92 Å². The highest BCUT2D eigenvalue weighted by molar-refractivity contribution is 7.92. The maximum Gasteiger partial charge on any atom is 0.261 e. The van der Waals surface area contributed by atoms with Gasteiger partial charge in [-0.3, -0.25) is 9.52 Å². The molecule has 0 fully saturated rings. The monoisotopic (exact) mass is 360 g/mol. The van der Waals surface area contributed by atoms with Gasteiger partial charge in [-0.1, -0.05) is 37.6 Å². The van der Waals surface area contributed by atoms with Gasteiger partial charge in [0.15, 0.2) is 0 Å². The van der Waals surface area contributed by atoms with Gasteiger partial charge in [-0.2, -0.15) is 0 Å². The lowest BCUT2D eigenvalue weighted by atomic mass is 10.1. The Labute approximate surface area is 149 Å². The zero-order valence-electron chi connectivity index (χ0n) is 14.7. The molecule has 2 aromatic rings. The molecule has 0 aromatic heterocycles. The molecule has 2 N–H and O–H groups in total. The number of rotatable bonds is 7. The van der Waals surface area contributed by atoms with E-state index in [9.17, 15) is 13.2 Å². The molecule has 0 aliphatic rings. The number of benzene rings is 2. The van der Waals surface area contributed by atoms with Crippen LogP contribution in [0.3, 0.4) is 0 Å². The number of anilines is 1. The zero-order chi connectivity index (χ0) is 18.4. The van der Waals surface area contributed by atoms with E-state index in [-0.39, 0.29) is 16.8 Å². The predicted molar refractivity (Wildman–Crippen MR) is 100 cm³/mol. The van der Waals surface area contributed by atoms with Crippen LogP contribution in [0.25, 0.3) is 0 Å². The lowest BCUT2D eigenvalue weighted by Gasteiger charge is -2.14. The molecule has 1 atom stereocenters. The van der Waals surface area contributed by atoms with E-state index in [4.69, 9.17) is 0 Å². The first-order valence-corrected chi connectivity index (χ1v) is 9.81. The van der Waals surface area contributed by atoms with Gasteiger partial charge in [-0.05, 0) is 50.1 Å². The molecule has 1 unspecified atom stereocenters. The lowest BCUT2D eigenvalue weighted by Crippen LogP contribution is -2.32. The van der Waals surface area contributed by atoms with Crippen molar-refractivity contribution in [2.75, 3.05) is 4.72 Å². The average Bonchev–Trinajstić information content (AvgIpc) is 2.57. The minimum absolute atomic E-state index is 0.0443. The van der Waals surface area contributed by atoms with E-state index in [1.54, 1.807) is 24.3 Å². The second-order valence-corrected chi connectivity index (χ2v) is 7.79. The molecule has 0 saturated carbocycles. The minimum Gasteiger partial charge on any atom is -0.350 e. The molecule has 6 heteroatoms. The number of amides is 1. The first-order chi connectivity index (χ1) is 11.8. The smallest absolute Gasteiger partial charge is 0.261 e. The van der Waals surface area contributed by atoms with E-state index in [1.807, 2.05) is 32.9 Å². The van der Waals surface area contributed by atoms with E-state index in [2.05, 4.69) is 10.0 Å². The topological polar surface area (TPSA) is 75.3 Å². The third kappa shape index (κ3) is 5.06. The molecule has 0 radical (unpaired) electrons. The summed E-state index contributed by atoms with van der Waals surface area (Å²) < 4.78 is 27.8. The van der Waals surface area contributed by atoms with Gasteiger partial charge in [0.05, 0.1) is 10.6 Å². The Bertz CT molecular complexity index is 847. The molecule has 0 saturated heterocycles. The van der Waals surface area contributed by atoms with Crippen molar-refractivity contribution in [3.8, 4) is 0 Å². The fraction of sp³-hybridized carbons (Fsp3) is 0.316. The Balaban J connectivity index is 2.22. The summed E-state index contributed by atoms with van der Waals surface area (Å²) in [5, 5.41) is 2.88. The Morgan fingerprint density at radius 2 is 1.84 bits per heavy atom. The molecule has 2 aromatic carbocycles. The molecule has 2 rings (SSSR count). The molecule has 0 spiro atoms. The van der Waals surface area contributed by atoms with Crippen LogP contribution in [0.2, 0.25) is 0 Å². The molecule has 1 amide bonds. The van der Waals surface area contributed by atoms with Gasteiger partial charge in [0.1, 0.15) is 0 Å². The van der Waals surface area contributed by atoms with Crippen molar-refractivity contribution >= 4 is 21.6 Å². The van der Waals surface area contributed by atoms with Gasteiger partial charge >= 0.3 is 0 Å². The van der Waals surface area contributed by atoms with Gasteiger partial charge in [-0.15, -0.1) is 0 Å². The van der Waals surface area contributed by atoms with Crippen LogP contribution in [0.1, 0.15) is 42.6 Å². The van der Waals surface area contributed by atoms with E-state index in [0.717, 1.165) is 18.4 Å². The Morgan fingerprint density at radius 1 is 1.12 bits per heavy atom. The quantitative estimate of drug-likeness (QED) is 0.790. The van der Waals surface area contributed by atoms with Crippen molar-refractivity contribution in [2.45, 2.75) is 44.6 Å². The summed E-state index contributed by atoms with van der Waals surface area (Å²) in [6.07, 6.45) is 1.84. The summed E-state index contributed by atoms with van der Waals surface area (Å²) in [6, 6.07) is 13.3. The van der Waals surface area contributed by atoms with Crippen LogP contribution in [0.15, 0.2) is 53.4 Å². The fourth-order valence-electron chi connectivity index (χ4n) is 2.51. The van der Waals surface area contributed by atoms with Gasteiger partial charge in [-0.25, -0.2) is 8.42 Å². The Morgan fingerprint density at radius 3 is 2.52 bits per heavy atom. The highest BCUT2D eigenvalue weighted by atomic mass is 32.2. The van der Waals surface area contributed by atoms with Crippen molar-refractivity contribution in [3.63, 3.8) is 0 Å². The number of para-hydroxylation sites is 1. The van der Waals surface area contributed by atoms with Crippen LogP contribution in [0.5, 0.6) is 0 Å². The standard InChI is InChI=1S/C19H24N2O3S/c1-4-8-15(3)20-19(22)16-10-7-11-17(13-16)25(23,24)21-18-12-6-5-9-14(18)2/h5-7,9-13,15,21H,4,8H2,1-3H3,(H,20,22). The van der Waals surface area contributed by atoms with Crippen molar-refractivity contribution < 1.29 is 13.2 Å². The van der Waals surface area contributed by atoms with E-state index in [0.29, 0.717) is 11.3 Å². The molecule has 0 aliphatic heterocycles. The van der Waals surface area contributed by atoms with Crippen molar-refractivity contribution in [1.82, 2.24) is 5.32 Å². The average molecular weight is 360 g/mol. The molecule has 25 heavy (non-hydrogen) atoms. The first-order valence-electron chi connectivity index (χ1n) is 8.33. The largest absolute Gasteiger partial charge is 0.350 e. The second kappa shape index (κ2) is 8.16. The third-order valence-corrected chi connectivity index (χ3v) is 5.26. The van der Waals surface area contributed by atoms with Gasteiger partial charge < -0.3 is 5.32 Å². The number of carbonyl (C=O) groups is 1. The van der Waals surface area contributed by atoms with Crippen molar-refractivity contribution in [2.24, 2.45) is 0 Å². The number of nitrogens with one attached hydrogen (secondary N) is 2. The maximum absolute atomic E-state index is 12.6. The lowest BCUT2D eigenvalue weighted by molar-refractivity contribution is 0.0938. The predicted octanol–water partition coefficient (Wildman–Crippen LogP) is 3.71. The third-order valence-electron chi connectivity index (χ3n) is 3.90. The molecule has 134 valence electrons. The zero-order valence-corrected chi connectivity index (χ0v) is 15.6. The number of sulfonamides is 1. The van der Waals surface area contributed by atoms with E-state index >= 15 is 0 Å². The molecular formula is C19H24N2O3S. The van der Waals surface area contributed by atoms with Gasteiger partial charge in [0.25, 0.3) is 15.9 Å². The normalized spacial score (nSPS) is 12.4. The highest BCUT2D eigenvalue weighted by Crippen LogP contribution is 2.20. The summed E-state index contributed by atoms with van der Waals surface area (Å²) in [4.78, 5) is 12.4. The number of aryl methyl sites for hydroxylation is 1. The second-order valence-electron chi connectivity index (χ2n) is 6.11. The van der Waals surface area contributed by atoms with Crippen LogP contribution in [-0.2, 0) is 10.0 Å². The highest BCUT2D eigenvalue weighted by Gasteiger charge is 2.17. The number of hydrogen-bond donors (Lipinski definition) is 2. The van der Waals surface area contributed by atoms with Gasteiger partial charge in [0, 0.05) is 11.6 Å². The van der Waals surface area contributed by atoms with E-state index in [1.165, 1.54) is 12.1 Å². The number of hydrogen-bond acceptors (Lipinski definition) is 3. The van der Waals surface area contributed by atoms with Crippen LogP contribution < -0.4 is 10.0 Å². The summed E-state index contributed by atoms with van der Waals surface area (Å²) in [7, 11) is -3.76. The SMILES string of the molecule is CCCC(C)NC(=O)c1cccc(S(=O)(=O)Nc2ccccc2C)c1. The summed E-state index contributed by atoms with van der Waals surface area (Å²) >= 11 is 0. The Kier molecular flexibility index (Phi) is 6.20. The summed E-state index contributed by atoms with van der Waals surface area (Å²) in [5.41, 5.74) is 1.68. The van der Waals surface area contributed by atoms with Crippen molar-refractivity contribution in [3.05, 3.63) is 59.7 Å². The fourth-order valence-corrected chi connectivity index (χ4v) is 3.68. The van der Waals surface area contributed by atoms with Crippen LogP contribution in [-0.4, -0.2) is 20.4 Å². The maximum atomic E-state index is 12.6. The minimum atomic E-state index is -3.76. The first kappa shape index (κ1) is 19.0. The molecule has 5 nitrogen and oxygen atoms in total. The summed E-state index contributed by atoms with van der Waals surface area (Å²) in [5.74, 6) is -0.270. The van der Waals surface area contributed by atoms with E-state index < -0.39 is 10.0 Å². The molecule has 0 heterocycles. The Hall–Kier alpha value is -2.34. The van der Waals surface area contributed by atoms with Crippen LogP contribution >= 0.6 is 0 Å². The summed E-state index contributed by atoms with van der Waals surface area (Å²) in [6.45, 7) is 5.81. The number of carbonyl (C=O) groups excluding carboxylic acids is 1. The van der Waals surface area contributed by atoms with Crippen molar-refractivity contribution in [1.29, 1.82) is 0 Å². The molecular weight excluding hydrogens is 336 g/mol. The molecule has 0 aliphatic carbocycles.